The van der Waals surface area contributed by atoms with Gasteiger partial charge in [0.15, 0.2) is 0 Å². The second-order valence-corrected chi connectivity index (χ2v) is 13.5. The second-order valence-electron chi connectivity index (χ2n) is 13.5. The zero-order valence-electron chi connectivity index (χ0n) is 26.2. The van der Waals surface area contributed by atoms with E-state index >= 15 is 0 Å². The first kappa shape index (κ1) is 31.0. The third-order valence-electron chi connectivity index (χ3n) is 10.3. The first-order chi connectivity index (χ1) is 20.6. The number of carboxylic acid groups (broad SMARTS) is 1. The van der Waals surface area contributed by atoms with Gasteiger partial charge in [0.05, 0.1) is 12.5 Å². The van der Waals surface area contributed by atoms with Crippen LogP contribution in [0.5, 0.6) is 0 Å². The minimum absolute atomic E-state index is 0.00122. The lowest BCUT2D eigenvalue weighted by Gasteiger charge is -2.48. The summed E-state index contributed by atoms with van der Waals surface area (Å²) in [6.45, 7) is 9.22. The normalized spacial score (nSPS) is 22.9. The highest BCUT2D eigenvalue weighted by atomic mass is 16.4. The van der Waals surface area contributed by atoms with Crippen molar-refractivity contribution in [1.82, 2.24) is 10.2 Å². The number of carbonyl (C=O) groups is 3. The zero-order valence-corrected chi connectivity index (χ0v) is 26.2. The molecular formula is C36H47N3O4. The lowest BCUT2D eigenvalue weighted by Crippen LogP contribution is -2.51. The summed E-state index contributed by atoms with van der Waals surface area (Å²) in [4.78, 5) is 45.3. The minimum Gasteiger partial charge on any atom is -0.481 e. The standard InChI is InChI=1S/C36H47N3O4/c1-5-7-30(26-12-16-28(17-13-26)33(42)37-23-20-31(40)41)39-34(43)32(27-14-10-25(11-15-27)24-8-9-24)38-36(39)21-18-29(19-22-36)35(3,4)6-2/h10-17,24,29-30H,5-9,18-23H2,1-4H3,(H,37,42)(H,40,41). The molecule has 7 heteroatoms. The molecule has 1 unspecified atom stereocenters. The number of amides is 2. The maximum atomic E-state index is 14.5. The molecule has 230 valence electrons. The maximum absolute atomic E-state index is 14.5. The third-order valence-corrected chi connectivity index (χ3v) is 10.3. The van der Waals surface area contributed by atoms with Crippen molar-refractivity contribution < 1.29 is 19.5 Å². The van der Waals surface area contributed by atoms with E-state index in [9.17, 15) is 14.4 Å². The Morgan fingerprint density at radius 1 is 1.02 bits per heavy atom. The molecule has 2 saturated carbocycles. The molecule has 0 saturated heterocycles. The van der Waals surface area contributed by atoms with Gasteiger partial charge in [-0.3, -0.25) is 19.4 Å². The fraction of sp³-hybridized carbons (Fsp3) is 0.556. The van der Waals surface area contributed by atoms with Gasteiger partial charge in [0.2, 0.25) is 0 Å². The van der Waals surface area contributed by atoms with Crippen molar-refractivity contribution in [3.63, 3.8) is 0 Å². The SMILES string of the molecule is CCCC(c1ccc(C(=O)NCCC(=O)O)cc1)N1C(=O)C(c2ccc(C3CC3)cc2)=NC12CCC(C(C)(C)CC)CC2. The number of rotatable bonds is 12. The highest BCUT2D eigenvalue weighted by molar-refractivity contribution is 6.46. The Morgan fingerprint density at radius 3 is 2.23 bits per heavy atom. The Bertz CT molecular complexity index is 1350. The lowest BCUT2D eigenvalue weighted by atomic mass is 9.67. The van der Waals surface area contributed by atoms with Crippen LogP contribution in [0.1, 0.15) is 131 Å². The number of nitrogens with zero attached hydrogens (tertiary/aromatic N) is 2. The van der Waals surface area contributed by atoms with Crippen molar-refractivity contribution in [2.45, 2.75) is 110 Å². The Hall–Kier alpha value is -3.48. The van der Waals surface area contributed by atoms with E-state index < -0.39 is 11.6 Å². The van der Waals surface area contributed by atoms with Crippen molar-refractivity contribution in [3.8, 4) is 0 Å². The Morgan fingerprint density at radius 2 is 1.67 bits per heavy atom. The minimum atomic E-state index is -0.949. The molecule has 0 bridgehead atoms. The van der Waals surface area contributed by atoms with Crippen LogP contribution in [0.4, 0.5) is 0 Å². The molecule has 1 atom stereocenters. The summed E-state index contributed by atoms with van der Waals surface area (Å²) in [6, 6.07) is 15.8. The number of carbonyl (C=O) groups excluding carboxylic acids is 2. The van der Waals surface area contributed by atoms with Crippen LogP contribution in [0.25, 0.3) is 0 Å². The van der Waals surface area contributed by atoms with Crippen LogP contribution in [0.15, 0.2) is 53.5 Å². The monoisotopic (exact) mass is 585 g/mol. The van der Waals surface area contributed by atoms with E-state index in [-0.39, 0.29) is 36.2 Å². The molecule has 2 fully saturated rings. The molecule has 1 aliphatic heterocycles. The summed E-state index contributed by atoms with van der Waals surface area (Å²) in [5, 5.41) is 11.5. The van der Waals surface area contributed by atoms with Crippen LogP contribution >= 0.6 is 0 Å². The van der Waals surface area contributed by atoms with E-state index in [1.54, 1.807) is 12.1 Å². The molecule has 3 aliphatic rings. The summed E-state index contributed by atoms with van der Waals surface area (Å²) in [5.41, 5.74) is 3.97. The van der Waals surface area contributed by atoms with Gasteiger partial charge in [-0.15, -0.1) is 0 Å². The Labute approximate surface area is 256 Å². The molecule has 0 radical (unpaired) electrons. The summed E-state index contributed by atoms with van der Waals surface area (Å²) in [7, 11) is 0. The Balaban J connectivity index is 1.45. The summed E-state index contributed by atoms with van der Waals surface area (Å²) >= 11 is 0. The summed E-state index contributed by atoms with van der Waals surface area (Å²) in [5.74, 6) is 0.00849. The van der Waals surface area contributed by atoms with E-state index in [1.807, 2.05) is 12.1 Å². The first-order valence-corrected chi connectivity index (χ1v) is 16.2. The fourth-order valence-corrected chi connectivity index (χ4v) is 7.03. The first-order valence-electron chi connectivity index (χ1n) is 16.2. The van der Waals surface area contributed by atoms with E-state index in [2.05, 4.69) is 62.2 Å². The van der Waals surface area contributed by atoms with Crippen LogP contribution < -0.4 is 5.32 Å². The number of benzene rings is 2. The van der Waals surface area contributed by atoms with Crippen molar-refractivity contribution in [1.29, 1.82) is 0 Å². The highest BCUT2D eigenvalue weighted by Gasteiger charge is 2.52. The van der Waals surface area contributed by atoms with Gasteiger partial charge in [-0.05, 0) is 85.5 Å². The number of hydrogen-bond acceptors (Lipinski definition) is 4. The molecule has 1 heterocycles. The lowest BCUT2D eigenvalue weighted by molar-refractivity contribution is -0.137. The topological polar surface area (TPSA) is 99.1 Å². The molecule has 43 heavy (non-hydrogen) atoms. The Kier molecular flexibility index (Phi) is 9.10. The van der Waals surface area contributed by atoms with Crippen molar-refractivity contribution in [2.75, 3.05) is 6.54 Å². The number of aliphatic imine (C=N–C) groups is 1. The number of hydrogen-bond donors (Lipinski definition) is 2. The van der Waals surface area contributed by atoms with E-state index in [4.69, 9.17) is 10.1 Å². The van der Waals surface area contributed by atoms with Crippen molar-refractivity contribution >= 4 is 23.5 Å². The average Bonchev–Trinajstić information content (AvgIpc) is 3.82. The maximum Gasteiger partial charge on any atom is 0.305 e. The predicted molar refractivity (Wildman–Crippen MR) is 169 cm³/mol. The van der Waals surface area contributed by atoms with Gasteiger partial charge in [-0.1, -0.05) is 76.9 Å². The highest BCUT2D eigenvalue weighted by Crippen LogP contribution is 2.50. The molecule has 2 aromatic rings. The van der Waals surface area contributed by atoms with Crippen LogP contribution in [-0.2, 0) is 9.59 Å². The van der Waals surface area contributed by atoms with Gasteiger partial charge in [0.1, 0.15) is 11.4 Å². The molecule has 0 aromatic heterocycles. The summed E-state index contributed by atoms with van der Waals surface area (Å²) in [6.07, 6.45) is 8.96. The van der Waals surface area contributed by atoms with Crippen molar-refractivity contribution in [2.24, 2.45) is 16.3 Å². The smallest absolute Gasteiger partial charge is 0.305 e. The van der Waals surface area contributed by atoms with Crippen LogP contribution in [0.3, 0.4) is 0 Å². The van der Waals surface area contributed by atoms with Gasteiger partial charge in [0, 0.05) is 17.7 Å². The molecule has 2 aromatic carbocycles. The van der Waals surface area contributed by atoms with Gasteiger partial charge < -0.3 is 15.3 Å². The predicted octanol–water partition coefficient (Wildman–Crippen LogP) is 7.26. The molecule has 7 nitrogen and oxygen atoms in total. The largest absolute Gasteiger partial charge is 0.481 e. The van der Waals surface area contributed by atoms with E-state index in [1.165, 1.54) is 18.4 Å². The van der Waals surface area contributed by atoms with Crippen LogP contribution in [0, 0.1) is 11.3 Å². The van der Waals surface area contributed by atoms with Crippen LogP contribution in [0.2, 0.25) is 0 Å². The quantitative estimate of drug-likeness (QED) is 0.274. The van der Waals surface area contributed by atoms with E-state index in [0.717, 1.165) is 56.1 Å². The molecular weight excluding hydrogens is 538 g/mol. The average molecular weight is 586 g/mol. The molecule has 1 spiro atoms. The van der Waals surface area contributed by atoms with Crippen LogP contribution in [-0.4, -0.2) is 45.7 Å². The summed E-state index contributed by atoms with van der Waals surface area (Å²) < 4.78 is 0. The second kappa shape index (κ2) is 12.6. The van der Waals surface area contributed by atoms with Gasteiger partial charge in [0.25, 0.3) is 11.8 Å². The number of nitrogens with one attached hydrogen (secondary N) is 1. The molecule has 5 rings (SSSR count). The fourth-order valence-electron chi connectivity index (χ4n) is 7.03. The van der Waals surface area contributed by atoms with Gasteiger partial charge in [-0.2, -0.15) is 0 Å². The molecule has 2 aliphatic carbocycles. The van der Waals surface area contributed by atoms with E-state index in [0.29, 0.717) is 23.1 Å². The van der Waals surface area contributed by atoms with Crippen molar-refractivity contribution in [3.05, 3.63) is 70.8 Å². The number of carboxylic acids is 1. The number of aliphatic carboxylic acids is 1. The molecule has 2 N–H and O–H groups in total. The van der Waals surface area contributed by atoms with Gasteiger partial charge in [-0.25, -0.2) is 0 Å². The third kappa shape index (κ3) is 6.56. The van der Waals surface area contributed by atoms with Gasteiger partial charge >= 0.3 is 5.97 Å². The molecule has 2 amide bonds. The zero-order chi connectivity index (χ0) is 30.8.